The predicted molar refractivity (Wildman–Crippen MR) is 96.1 cm³/mol. The molecule has 2 aromatic rings. The third-order valence-corrected chi connectivity index (χ3v) is 3.71. The van der Waals surface area contributed by atoms with E-state index in [4.69, 9.17) is 18.9 Å². The molecule has 0 aliphatic rings. The summed E-state index contributed by atoms with van der Waals surface area (Å²) in [5.41, 5.74) is 1.11. The van der Waals surface area contributed by atoms with Crippen molar-refractivity contribution in [3.05, 3.63) is 47.3 Å². The van der Waals surface area contributed by atoms with Gasteiger partial charge in [0.2, 0.25) is 5.75 Å². The van der Waals surface area contributed by atoms with Crippen LogP contribution in [0.2, 0.25) is 0 Å². The van der Waals surface area contributed by atoms with Crippen LogP contribution in [0.3, 0.4) is 0 Å². The van der Waals surface area contributed by atoms with Crippen LogP contribution in [0.25, 0.3) is 0 Å². The van der Waals surface area contributed by atoms with Gasteiger partial charge < -0.3 is 24.3 Å². The maximum atomic E-state index is 13.3. The molecule has 0 radical (unpaired) electrons. The van der Waals surface area contributed by atoms with Gasteiger partial charge in [-0.1, -0.05) is 6.07 Å². The van der Waals surface area contributed by atoms with Gasteiger partial charge in [0.1, 0.15) is 5.82 Å². The molecular weight excluding hydrogens is 357 g/mol. The molecule has 0 bridgehead atoms. The Morgan fingerprint density at radius 2 is 1.63 bits per heavy atom. The lowest BCUT2D eigenvalue weighted by Gasteiger charge is -2.14. The number of rotatable bonds is 7. The number of esters is 1. The summed E-state index contributed by atoms with van der Waals surface area (Å²) in [7, 11) is 4.28. The maximum absolute atomic E-state index is 13.3. The summed E-state index contributed by atoms with van der Waals surface area (Å²) in [4.78, 5) is 24.2. The molecule has 1 N–H and O–H groups in total. The molecule has 0 aliphatic carbocycles. The molecule has 0 aliphatic heterocycles. The summed E-state index contributed by atoms with van der Waals surface area (Å²) in [6.45, 7) is 1.18. The van der Waals surface area contributed by atoms with E-state index < -0.39 is 24.3 Å². The van der Waals surface area contributed by atoms with Gasteiger partial charge in [0.25, 0.3) is 5.91 Å². The first-order valence-corrected chi connectivity index (χ1v) is 7.92. The van der Waals surface area contributed by atoms with Crippen molar-refractivity contribution in [1.29, 1.82) is 0 Å². The highest BCUT2D eigenvalue weighted by molar-refractivity contribution is 5.96. The van der Waals surface area contributed by atoms with E-state index in [1.165, 1.54) is 51.7 Å². The van der Waals surface area contributed by atoms with Gasteiger partial charge in [-0.15, -0.1) is 0 Å². The van der Waals surface area contributed by atoms with E-state index in [1.54, 1.807) is 6.92 Å². The monoisotopic (exact) mass is 377 g/mol. The van der Waals surface area contributed by atoms with Crippen molar-refractivity contribution in [2.45, 2.75) is 6.92 Å². The van der Waals surface area contributed by atoms with E-state index in [0.29, 0.717) is 17.0 Å². The Hall–Kier alpha value is -3.29. The Kier molecular flexibility index (Phi) is 6.59. The zero-order valence-corrected chi connectivity index (χ0v) is 15.4. The van der Waals surface area contributed by atoms with E-state index >= 15 is 0 Å². The van der Waals surface area contributed by atoms with Gasteiger partial charge >= 0.3 is 5.97 Å². The highest BCUT2D eigenvalue weighted by Crippen LogP contribution is 2.38. The number of ether oxygens (including phenoxy) is 4. The summed E-state index contributed by atoms with van der Waals surface area (Å²) < 4.78 is 33.8. The third kappa shape index (κ3) is 4.87. The van der Waals surface area contributed by atoms with Crippen molar-refractivity contribution < 1.29 is 32.9 Å². The number of hydrogen-bond acceptors (Lipinski definition) is 6. The van der Waals surface area contributed by atoms with Gasteiger partial charge in [-0.3, -0.25) is 4.79 Å². The lowest BCUT2D eigenvalue weighted by Crippen LogP contribution is -2.21. The average molecular weight is 377 g/mol. The molecular formula is C19H20FNO6. The van der Waals surface area contributed by atoms with Gasteiger partial charge in [0, 0.05) is 5.69 Å². The minimum atomic E-state index is -0.750. The van der Waals surface area contributed by atoms with Crippen LogP contribution in [-0.4, -0.2) is 39.8 Å². The van der Waals surface area contributed by atoms with E-state index in [0.717, 1.165) is 0 Å². The molecule has 0 heterocycles. The first kappa shape index (κ1) is 20.0. The van der Waals surface area contributed by atoms with Crippen molar-refractivity contribution >= 4 is 17.6 Å². The van der Waals surface area contributed by atoms with Crippen LogP contribution < -0.4 is 19.5 Å². The molecule has 0 spiro atoms. The van der Waals surface area contributed by atoms with Crippen LogP contribution in [0.15, 0.2) is 30.3 Å². The summed E-state index contributed by atoms with van der Waals surface area (Å²) in [6, 6.07) is 6.84. The second-order valence-corrected chi connectivity index (χ2v) is 5.50. The quantitative estimate of drug-likeness (QED) is 0.747. The van der Waals surface area contributed by atoms with Gasteiger partial charge in [-0.05, 0) is 36.8 Å². The number of methoxy groups -OCH3 is 3. The molecule has 2 aromatic carbocycles. The van der Waals surface area contributed by atoms with E-state index in [2.05, 4.69) is 5.32 Å². The lowest BCUT2D eigenvalue weighted by atomic mass is 10.2. The number of nitrogens with one attached hydrogen (secondary N) is 1. The second-order valence-electron chi connectivity index (χ2n) is 5.50. The summed E-state index contributed by atoms with van der Waals surface area (Å²) in [5.74, 6) is -0.932. The van der Waals surface area contributed by atoms with Crippen molar-refractivity contribution in [3.8, 4) is 17.2 Å². The second kappa shape index (κ2) is 8.88. The average Bonchev–Trinajstić information content (AvgIpc) is 2.67. The molecule has 0 aromatic heterocycles. The molecule has 2 rings (SSSR count). The number of carbonyl (C=O) groups excluding carboxylic acids is 2. The van der Waals surface area contributed by atoms with Crippen LogP contribution in [-0.2, 0) is 9.53 Å². The molecule has 7 nitrogen and oxygen atoms in total. The third-order valence-electron chi connectivity index (χ3n) is 3.71. The molecule has 0 saturated carbocycles. The van der Waals surface area contributed by atoms with E-state index in [-0.39, 0.29) is 17.1 Å². The normalized spacial score (nSPS) is 10.1. The number of aryl methyl sites for hydroxylation is 1. The van der Waals surface area contributed by atoms with Crippen LogP contribution in [0.4, 0.5) is 10.1 Å². The number of hydrogen-bond donors (Lipinski definition) is 1. The standard InChI is InChI=1S/C19H20FNO6/c1-11-5-6-13(20)9-14(11)21-17(22)10-27-19(23)12-7-15(24-2)18(26-4)16(8-12)25-3/h5-9H,10H2,1-4H3,(H,21,22). The molecule has 1 amide bonds. The molecule has 0 fully saturated rings. The molecule has 144 valence electrons. The predicted octanol–water partition coefficient (Wildman–Crippen LogP) is 2.96. The molecule has 0 saturated heterocycles. The number of anilines is 1. The van der Waals surface area contributed by atoms with Crippen molar-refractivity contribution in [2.24, 2.45) is 0 Å². The van der Waals surface area contributed by atoms with E-state index in [1.807, 2.05) is 0 Å². The Morgan fingerprint density at radius 1 is 1.00 bits per heavy atom. The minimum Gasteiger partial charge on any atom is -0.493 e. The van der Waals surface area contributed by atoms with Crippen LogP contribution in [0.5, 0.6) is 17.2 Å². The summed E-state index contributed by atoms with van der Waals surface area (Å²) in [5, 5.41) is 2.50. The largest absolute Gasteiger partial charge is 0.493 e. The topological polar surface area (TPSA) is 83.1 Å². The minimum absolute atomic E-state index is 0.124. The van der Waals surface area contributed by atoms with Crippen molar-refractivity contribution in [1.82, 2.24) is 0 Å². The van der Waals surface area contributed by atoms with Gasteiger partial charge in [0.05, 0.1) is 26.9 Å². The van der Waals surface area contributed by atoms with Crippen LogP contribution >= 0.6 is 0 Å². The molecule has 27 heavy (non-hydrogen) atoms. The Balaban J connectivity index is 2.07. The fourth-order valence-corrected chi connectivity index (χ4v) is 2.33. The summed E-state index contributed by atoms with van der Waals surface area (Å²) in [6.07, 6.45) is 0. The Morgan fingerprint density at radius 3 is 2.19 bits per heavy atom. The van der Waals surface area contributed by atoms with Gasteiger partial charge in [-0.2, -0.15) is 0 Å². The zero-order chi connectivity index (χ0) is 20.0. The van der Waals surface area contributed by atoms with Crippen LogP contribution in [0.1, 0.15) is 15.9 Å². The molecule has 8 heteroatoms. The SMILES string of the molecule is COc1cc(C(=O)OCC(=O)Nc2cc(F)ccc2C)cc(OC)c1OC. The highest BCUT2D eigenvalue weighted by atomic mass is 19.1. The zero-order valence-electron chi connectivity index (χ0n) is 15.4. The number of carbonyl (C=O) groups is 2. The lowest BCUT2D eigenvalue weighted by molar-refractivity contribution is -0.119. The number of benzene rings is 2. The molecule has 0 unspecified atom stereocenters. The number of halogens is 1. The van der Waals surface area contributed by atoms with Gasteiger partial charge in [-0.25, -0.2) is 9.18 Å². The highest BCUT2D eigenvalue weighted by Gasteiger charge is 2.18. The van der Waals surface area contributed by atoms with Crippen molar-refractivity contribution in [2.75, 3.05) is 33.3 Å². The Bertz CT molecular complexity index is 827. The van der Waals surface area contributed by atoms with Crippen molar-refractivity contribution in [3.63, 3.8) is 0 Å². The first-order valence-electron chi connectivity index (χ1n) is 7.92. The Labute approximate surface area is 156 Å². The van der Waals surface area contributed by atoms with Gasteiger partial charge in [0.15, 0.2) is 18.1 Å². The summed E-state index contributed by atoms with van der Waals surface area (Å²) >= 11 is 0. The fourth-order valence-electron chi connectivity index (χ4n) is 2.33. The van der Waals surface area contributed by atoms with Crippen LogP contribution in [0, 0.1) is 12.7 Å². The smallest absolute Gasteiger partial charge is 0.338 e. The fraction of sp³-hybridized carbons (Fsp3) is 0.263. The van der Waals surface area contributed by atoms with E-state index in [9.17, 15) is 14.0 Å². The number of amides is 1. The molecule has 0 atom stereocenters. The first-order chi connectivity index (χ1) is 12.9. The maximum Gasteiger partial charge on any atom is 0.338 e.